The van der Waals surface area contributed by atoms with Crippen LogP contribution in [0.15, 0.2) is 66.0 Å². The first-order valence-corrected chi connectivity index (χ1v) is 12.2. The molecular weight excluding hydrogens is 469 g/mol. The van der Waals surface area contributed by atoms with Crippen LogP contribution in [0.2, 0.25) is 0 Å². The van der Waals surface area contributed by atoms with Crippen molar-refractivity contribution in [1.82, 2.24) is 19.2 Å². The van der Waals surface area contributed by atoms with Gasteiger partial charge in [0, 0.05) is 31.5 Å². The van der Waals surface area contributed by atoms with Gasteiger partial charge in [0.2, 0.25) is 10.0 Å². The predicted octanol–water partition coefficient (Wildman–Crippen LogP) is 4.00. The number of benzene rings is 2. The van der Waals surface area contributed by atoms with Gasteiger partial charge in [0.25, 0.3) is 5.91 Å². The minimum Gasteiger partial charge on any atom is -0.347 e. The van der Waals surface area contributed by atoms with E-state index >= 15 is 0 Å². The maximum Gasteiger partial charge on any atom is 0.416 e. The average Bonchev–Trinajstić information content (AvgIpc) is 3.33. The normalized spacial score (nSPS) is 15.3. The highest BCUT2D eigenvalue weighted by molar-refractivity contribution is 7.89. The molecule has 0 radical (unpaired) electrons. The molecule has 1 aromatic heterocycles. The van der Waals surface area contributed by atoms with E-state index in [1.165, 1.54) is 41.1 Å². The molecule has 0 unspecified atom stereocenters. The molecule has 4 rings (SSSR count). The summed E-state index contributed by atoms with van der Waals surface area (Å²) in [7, 11) is -3.54. The first kappa shape index (κ1) is 24.0. The van der Waals surface area contributed by atoms with Crippen LogP contribution in [0.4, 0.5) is 13.2 Å². The van der Waals surface area contributed by atoms with Crippen molar-refractivity contribution in [2.75, 3.05) is 13.1 Å². The SMILES string of the molecule is O=C(NCc1cccc(C(F)(F)F)c1)c1cn(-c2ccc(S(=O)(=O)N3CCCCC3)cc2)cn1. The lowest BCUT2D eigenvalue weighted by Crippen LogP contribution is -2.35. The topological polar surface area (TPSA) is 84.3 Å². The number of aromatic nitrogens is 2. The number of hydrogen-bond donors (Lipinski definition) is 1. The first-order valence-electron chi connectivity index (χ1n) is 10.7. The Morgan fingerprint density at radius 3 is 2.41 bits per heavy atom. The van der Waals surface area contributed by atoms with Crippen LogP contribution in [0, 0.1) is 0 Å². The summed E-state index contributed by atoms with van der Waals surface area (Å²) in [5, 5.41) is 2.56. The zero-order chi connectivity index (χ0) is 24.3. The van der Waals surface area contributed by atoms with Gasteiger partial charge in [0.05, 0.1) is 10.5 Å². The van der Waals surface area contributed by atoms with E-state index in [0.29, 0.717) is 24.3 Å². The number of alkyl halides is 3. The van der Waals surface area contributed by atoms with Gasteiger partial charge in [-0.15, -0.1) is 0 Å². The van der Waals surface area contributed by atoms with E-state index in [1.54, 1.807) is 16.7 Å². The molecular formula is C23H23F3N4O3S. The third-order valence-electron chi connectivity index (χ3n) is 5.61. The highest BCUT2D eigenvalue weighted by Gasteiger charge is 2.30. The summed E-state index contributed by atoms with van der Waals surface area (Å²) >= 11 is 0. The van der Waals surface area contributed by atoms with Crippen molar-refractivity contribution >= 4 is 15.9 Å². The molecule has 0 aliphatic carbocycles. The first-order chi connectivity index (χ1) is 16.1. The number of sulfonamides is 1. The standard InChI is InChI=1S/C23H23F3N4O3S/c24-23(25,26)18-6-4-5-17(13-18)14-27-22(31)21-15-29(16-28-21)19-7-9-20(10-8-19)34(32,33)30-11-2-1-3-12-30/h4-10,13,15-16H,1-3,11-12,14H2,(H,27,31). The van der Waals surface area contributed by atoms with Crippen molar-refractivity contribution in [1.29, 1.82) is 0 Å². The van der Waals surface area contributed by atoms with E-state index in [0.717, 1.165) is 31.4 Å². The second kappa shape index (κ2) is 9.59. The minimum atomic E-state index is -4.46. The zero-order valence-corrected chi connectivity index (χ0v) is 18.9. The second-order valence-corrected chi connectivity index (χ2v) is 9.94. The Bertz CT molecular complexity index is 1270. The summed E-state index contributed by atoms with van der Waals surface area (Å²) in [4.78, 5) is 16.7. The number of piperidine rings is 1. The Balaban J connectivity index is 1.41. The smallest absolute Gasteiger partial charge is 0.347 e. The lowest BCUT2D eigenvalue weighted by molar-refractivity contribution is -0.137. The average molecular weight is 493 g/mol. The van der Waals surface area contributed by atoms with Crippen LogP contribution >= 0.6 is 0 Å². The van der Waals surface area contributed by atoms with Crippen LogP contribution in [0.5, 0.6) is 0 Å². The van der Waals surface area contributed by atoms with E-state index in [4.69, 9.17) is 0 Å². The molecule has 1 aliphatic heterocycles. The molecule has 11 heteroatoms. The zero-order valence-electron chi connectivity index (χ0n) is 18.1. The van der Waals surface area contributed by atoms with Crippen LogP contribution in [0.25, 0.3) is 5.69 Å². The summed E-state index contributed by atoms with van der Waals surface area (Å²) in [6.45, 7) is 0.952. The van der Waals surface area contributed by atoms with Crippen LogP contribution in [0.1, 0.15) is 40.9 Å². The lowest BCUT2D eigenvalue weighted by atomic mass is 10.1. The number of amides is 1. The van der Waals surface area contributed by atoms with Crippen molar-refractivity contribution in [3.63, 3.8) is 0 Å². The lowest BCUT2D eigenvalue weighted by Gasteiger charge is -2.25. The molecule has 0 bridgehead atoms. The van der Waals surface area contributed by atoms with E-state index in [2.05, 4.69) is 10.3 Å². The summed E-state index contributed by atoms with van der Waals surface area (Å²) in [5.41, 5.74) is 0.224. The van der Waals surface area contributed by atoms with Gasteiger partial charge in [-0.3, -0.25) is 4.79 Å². The van der Waals surface area contributed by atoms with Crippen LogP contribution < -0.4 is 5.32 Å². The molecule has 1 aliphatic rings. The number of hydrogen-bond acceptors (Lipinski definition) is 4. The third kappa shape index (κ3) is 5.31. The fourth-order valence-corrected chi connectivity index (χ4v) is 5.27. The Hall–Kier alpha value is -3.18. The summed E-state index contributed by atoms with van der Waals surface area (Å²) in [6.07, 6.45) is 1.15. The van der Waals surface area contributed by atoms with Crippen molar-refractivity contribution in [3.8, 4) is 5.69 Å². The molecule has 1 saturated heterocycles. The van der Waals surface area contributed by atoms with Gasteiger partial charge in [-0.25, -0.2) is 13.4 Å². The van der Waals surface area contributed by atoms with Crippen LogP contribution in [-0.4, -0.2) is 41.3 Å². The maximum absolute atomic E-state index is 12.8. The number of nitrogens with zero attached hydrogens (tertiary/aromatic N) is 3. The van der Waals surface area contributed by atoms with E-state index in [-0.39, 0.29) is 17.1 Å². The fourth-order valence-electron chi connectivity index (χ4n) is 3.76. The molecule has 180 valence electrons. The quantitative estimate of drug-likeness (QED) is 0.564. The van der Waals surface area contributed by atoms with Crippen LogP contribution in [0.3, 0.4) is 0 Å². The minimum absolute atomic E-state index is 0.0805. The van der Waals surface area contributed by atoms with E-state index < -0.39 is 27.7 Å². The van der Waals surface area contributed by atoms with Crippen molar-refractivity contribution in [2.24, 2.45) is 0 Å². The monoisotopic (exact) mass is 492 g/mol. The highest BCUT2D eigenvalue weighted by Crippen LogP contribution is 2.29. The molecule has 1 amide bonds. The molecule has 0 atom stereocenters. The van der Waals surface area contributed by atoms with E-state index in [9.17, 15) is 26.4 Å². The number of carbonyl (C=O) groups is 1. The molecule has 1 N–H and O–H groups in total. The molecule has 0 spiro atoms. The van der Waals surface area contributed by atoms with Crippen molar-refractivity contribution < 1.29 is 26.4 Å². The second-order valence-electron chi connectivity index (χ2n) is 8.01. The Morgan fingerprint density at radius 1 is 1.03 bits per heavy atom. The molecule has 1 fully saturated rings. The molecule has 34 heavy (non-hydrogen) atoms. The molecule has 7 nitrogen and oxygen atoms in total. The van der Waals surface area contributed by atoms with Crippen molar-refractivity contribution in [3.05, 3.63) is 77.9 Å². The third-order valence-corrected chi connectivity index (χ3v) is 7.52. The van der Waals surface area contributed by atoms with Crippen molar-refractivity contribution in [2.45, 2.75) is 36.9 Å². The largest absolute Gasteiger partial charge is 0.416 e. The summed E-state index contributed by atoms with van der Waals surface area (Å²) in [6, 6.07) is 11.0. The van der Waals surface area contributed by atoms with Gasteiger partial charge in [0.1, 0.15) is 12.0 Å². The van der Waals surface area contributed by atoms with Gasteiger partial charge in [0.15, 0.2) is 0 Å². The van der Waals surface area contributed by atoms with Gasteiger partial charge >= 0.3 is 6.18 Å². The number of imidazole rings is 1. The Morgan fingerprint density at radius 2 is 1.74 bits per heavy atom. The number of carbonyl (C=O) groups excluding carboxylic acids is 1. The molecule has 3 aromatic rings. The van der Waals surface area contributed by atoms with Gasteiger partial charge in [-0.05, 0) is 54.8 Å². The number of rotatable bonds is 6. The molecule has 0 saturated carbocycles. The predicted molar refractivity (Wildman–Crippen MR) is 119 cm³/mol. The number of halogens is 3. The number of nitrogens with one attached hydrogen (secondary N) is 1. The fraction of sp³-hybridized carbons (Fsp3) is 0.304. The summed E-state index contributed by atoms with van der Waals surface area (Å²) in [5.74, 6) is -0.541. The summed E-state index contributed by atoms with van der Waals surface area (Å²) < 4.78 is 67.2. The maximum atomic E-state index is 12.8. The molecule has 2 aromatic carbocycles. The Kier molecular flexibility index (Phi) is 6.76. The Labute approximate surface area is 195 Å². The molecule has 2 heterocycles. The van der Waals surface area contributed by atoms with Crippen LogP contribution in [-0.2, 0) is 22.7 Å². The van der Waals surface area contributed by atoms with E-state index in [1.807, 2.05) is 0 Å². The highest BCUT2D eigenvalue weighted by atomic mass is 32.2. The van der Waals surface area contributed by atoms with Gasteiger partial charge in [-0.2, -0.15) is 17.5 Å². The van der Waals surface area contributed by atoms with Gasteiger partial charge in [-0.1, -0.05) is 18.6 Å². The van der Waals surface area contributed by atoms with Gasteiger partial charge < -0.3 is 9.88 Å².